The van der Waals surface area contributed by atoms with Gasteiger partial charge in [0.2, 0.25) is 0 Å². The van der Waals surface area contributed by atoms with Crippen molar-refractivity contribution in [1.82, 2.24) is 0 Å². The van der Waals surface area contributed by atoms with E-state index in [1.807, 2.05) is 32.9 Å². The standard InChI is InChI=1S/C9H12ClN.C2H6/c1-3-7-6(2)4-5-8(11)9(7)10;1-2/h4-5H,3,11H2,1-2H3;1-2H3. The summed E-state index contributed by atoms with van der Waals surface area (Å²) >= 11 is 5.97. The summed E-state index contributed by atoms with van der Waals surface area (Å²) in [6, 6.07) is 3.84. The monoisotopic (exact) mass is 199 g/mol. The van der Waals surface area contributed by atoms with Crippen LogP contribution in [0.2, 0.25) is 5.02 Å². The quantitative estimate of drug-likeness (QED) is 0.684. The van der Waals surface area contributed by atoms with Crippen LogP contribution >= 0.6 is 11.6 Å². The highest BCUT2D eigenvalue weighted by Crippen LogP contribution is 2.26. The summed E-state index contributed by atoms with van der Waals surface area (Å²) < 4.78 is 0. The summed E-state index contributed by atoms with van der Waals surface area (Å²) in [6.45, 7) is 8.12. The van der Waals surface area contributed by atoms with Crippen LogP contribution in [0.3, 0.4) is 0 Å². The fourth-order valence-electron chi connectivity index (χ4n) is 1.17. The maximum atomic E-state index is 5.97. The predicted molar refractivity (Wildman–Crippen MR) is 61.3 cm³/mol. The number of rotatable bonds is 1. The minimum atomic E-state index is 0.675. The summed E-state index contributed by atoms with van der Waals surface area (Å²) in [7, 11) is 0. The predicted octanol–water partition coefficient (Wildman–Crippen LogP) is 3.82. The van der Waals surface area contributed by atoms with Crippen molar-refractivity contribution in [1.29, 1.82) is 0 Å². The van der Waals surface area contributed by atoms with Crippen LogP contribution in [0.15, 0.2) is 12.1 Å². The lowest BCUT2D eigenvalue weighted by molar-refractivity contribution is 1.11. The van der Waals surface area contributed by atoms with Crippen LogP contribution in [0, 0.1) is 6.92 Å². The fourth-order valence-corrected chi connectivity index (χ4v) is 1.52. The molecule has 0 heterocycles. The first-order valence-corrected chi connectivity index (χ1v) is 5.08. The molecule has 74 valence electrons. The van der Waals surface area contributed by atoms with Crippen LogP contribution in [0.5, 0.6) is 0 Å². The molecule has 0 bridgehead atoms. The zero-order valence-electron chi connectivity index (χ0n) is 8.82. The van der Waals surface area contributed by atoms with Gasteiger partial charge in [0.15, 0.2) is 0 Å². The van der Waals surface area contributed by atoms with Crippen molar-refractivity contribution in [2.75, 3.05) is 5.73 Å². The van der Waals surface area contributed by atoms with E-state index in [0.717, 1.165) is 12.0 Å². The molecule has 0 aliphatic rings. The molecule has 1 nitrogen and oxygen atoms in total. The summed E-state index contributed by atoms with van der Waals surface area (Å²) in [5.74, 6) is 0. The van der Waals surface area contributed by atoms with E-state index in [0.29, 0.717) is 10.7 Å². The van der Waals surface area contributed by atoms with Crippen LogP contribution in [-0.2, 0) is 6.42 Å². The molecule has 2 heteroatoms. The lowest BCUT2D eigenvalue weighted by Crippen LogP contribution is -1.93. The van der Waals surface area contributed by atoms with Crippen molar-refractivity contribution < 1.29 is 0 Å². The second-order valence-corrected chi connectivity index (χ2v) is 3.00. The molecule has 1 aromatic carbocycles. The van der Waals surface area contributed by atoms with E-state index in [1.54, 1.807) is 0 Å². The van der Waals surface area contributed by atoms with E-state index in [2.05, 4.69) is 6.92 Å². The van der Waals surface area contributed by atoms with E-state index in [-0.39, 0.29) is 0 Å². The Bertz CT molecular complexity index is 269. The Morgan fingerprint density at radius 3 is 2.23 bits per heavy atom. The highest BCUT2D eigenvalue weighted by molar-refractivity contribution is 6.33. The lowest BCUT2D eigenvalue weighted by Gasteiger charge is -2.07. The van der Waals surface area contributed by atoms with Crippen molar-refractivity contribution in [3.63, 3.8) is 0 Å². The fraction of sp³-hybridized carbons (Fsp3) is 0.455. The van der Waals surface area contributed by atoms with Gasteiger partial charge in [0.25, 0.3) is 0 Å². The molecular weight excluding hydrogens is 182 g/mol. The minimum Gasteiger partial charge on any atom is -0.398 e. The number of aryl methyl sites for hydroxylation is 1. The van der Waals surface area contributed by atoms with Gasteiger partial charge in [-0.25, -0.2) is 0 Å². The second kappa shape index (κ2) is 5.87. The molecule has 0 amide bonds. The Labute approximate surface area is 85.9 Å². The van der Waals surface area contributed by atoms with Crippen LogP contribution in [0.25, 0.3) is 0 Å². The number of nitrogen functional groups attached to an aromatic ring is 1. The molecule has 0 atom stereocenters. The average molecular weight is 200 g/mol. The van der Waals surface area contributed by atoms with Gasteiger partial charge in [-0.15, -0.1) is 0 Å². The van der Waals surface area contributed by atoms with Gasteiger partial charge in [0, 0.05) is 0 Å². The third-order valence-electron chi connectivity index (χ3n) is 1.86. The Balaban J connectivity index is 0.000000671. The van der Waals surface area contributed by atoms with E-state index in [1.165, 1.54) is 5.56 Å². The molecule has 0 aliphatic carbocycles. The first-order valence-electron chi connectivity index (χ1n) is 4.70. The van der Waals surface area contributed by atoms with Crippen molar-refractivity contribution >= 4 is 17.3 Å². The van der Waals surface area contributed by atoms with Crippen molar-refractivity contribution in [3.05, 3.63) is 28.3 Å². The maximum Gasteiger partial charge on any atom is 0.0669 e. The van der Waals surface area contributed by atoms with Gasteiger partial charge in [-0.05, 0) is 30.5 Å². The van der Waals surface area contributed by atoms with Gasteiger partial charge in [-0.2, -0.15) is 0 Å². The number of halogens is 1. The van der Waals surface area contributed by atoms with E-state index < -0.39 is 0 Å². The highest BCUT2D eigenvalue weighted by Gasteiger charge is 2.03. The third kappa shape index (κ3) is 2.92. The van der Waals surface area contributed by atoms with Crippen molar-refractivity contribution in [2.24, 2.45) is 0 Å². The summed E-state index contributed by atoms with van der Waals surface area (Å²) in [6.07, 6.45) is 0.940. The van der Waals surface area contributed by atoms with Gasteiger partial charge in [0.05, 0.1) is 10.7 Å². The second-order valence-electron chi connectivity index (χ2n) is 2.62. The number of benzene rings is 1. The Morgan fingerprint density at radius 1 is 1.31 bits per heavy atom. The number of hydrogen-bond acceptors (Lipinski definition) is 1. The Kier molecular flexibility index (Phi) is 5.56. The van der Waals surface area contributed by atoms with Gasteiger partial charge in [-0.3, -0.25) is 0 Å². The smallest absolute Gasteiger partial charge is 0.0669 e. The zero-order valence-corrected chi connectivity index (χ0v) is 9.57. The Hall–Kier alpha value is -0.690. The first-order chi connectivity index (χ1) is 6.16. The largest absolute Gasteiger partial charge is 0.398 e. The van der Waals surface area contributed by atoms with Crippen LogP contribution in [-0.4, -0.2) is 0 Å². The molecule has 0 aliphatic heterocycles. The molecule has 2 N–H and O–H groups in total. The van der Waals surface area contributed by atoms with Gasteiger partial charge in [-0.1, -0.05) is 38.4 Å². The molecule has 0 saturated carbocycles. The third-order valence-corrected chi connectivity index (χ3v) is 2.31. The molecule has 0 spiro atoms. The molecule has 0 fully saturated rings. The van der Waals surface area contributed by atoms with Gasteiger partial charge < -0.3 is 5.73 Å². The highest BCUT2D eigenvalue weighted by atomic mass is 35.5. The van der Waals surface area contributed by atoms with Crippen molar-refractivity contribution in [2.45, 2.75) is 34.1 Å². The number of nitrogens with two attached hydrogens (primary N) is 1. The molecule has 13 heavy (non-hydrogen) atoms. The molecule has 0 unspecified atom stereocenters. The maximum absolute atomic E-state index is 5.97. The normalized spacial score (nSPS) is 9.00. The first kappa shape index (κ1) is 12.3. The van der Waals surface area contributed by atoms with E-state index in [4.69, 9.17) is 17.3 Å². The summed E-state index contributed by atoms with van der Waals surface area (Å²) in [4.78, 5) is 0. The van der Waals surface area contributed by atoms with Crippen LogP contribution in [0.1, 0.15) is 31.9 Å². The average Bonchev–Trinajstić information content (AvgIpc) is 2.16. The summed E-state index contributed by atoms with van der Waals surface area (Å²) in [5.41, 5.74) is 8.68. The molecule has 0 radical (unpaired) electrons. The lowest BCUT2D eigenvalue weighted by atomic mass is 10.1. The van der Waals surface area contributed by atoms with Crippen LogP contribution in [0.4, 0.5) is 5.69 Å². The van der Waals surface area contributed by atoms with Crippen molar-refractivity contribution in [3.8, 4) is 0 Å². The topological polar surface area (TPSA) is 26.0 Å². The zero-order chi connectivity index (χ0) is 10.4. The molecule has 0 saturated heterocycles. The van der Waals surface area contributed by atoms with Crippen LogP contribution < -0.4 is 5.73 Å². The molecule has 1 rings (SSSR count). The SMILES string of the molecule is CC.CCc1c(C)ccc(N)c1Cl. The van der Waals surface area contributed by atoms with Gasteiger partial charge >= 0.3 is 0 Å². The van der Waals surface area contributed by atoms with Gasteiger partial charge in [0.1, 0.15) is 0 Å². The molecule has 1 aromatic rings. The number of hydrogen-bond donors (Lipinski definition) is 1. The molecule has 0 aromatic heterocycles. The number of anilines is 1. The summed E-state index contributed by atoms with van der Waals surface area (Å²) in [5, 5.41) is 0.715. The minimum absolute atomic E-state index is 0.675. The van der Waals surface area contributed by atoms with E-state index in [9.17, 15) is 0 Å². The van der Waals surface area contributed by atoms with E-state index >= 15 is 0 Å². The Morgan fingerprint density at radius 2 is 1.85 bits per heavy atom. The molecular formula is C11H18ClN.